The van der Waals surface area contributed by atoms with Crippen LogP contribution in [0.25, 0.3) is 0 Å². The molecule has 0 radical (unpaired) electrons. The van der Waals surface area contributed by atoms with E-state index < -0.39 is 30.2 Å². The number of amides is 2. The van der Waals surface area contributed by atoms with E-state index >= 15 is 0 Å². The molecule has 2 aliphatic heterocycles. The van der Waals surface area contributed by atoms with Crippen molar-refractivity contribution < 1.29 is 23.1 Å². The summed E-state index contributed by atoms with van der Waals surface area (Å²) in [5, 5.41) is 2.58. The summed E-state index contributed by atoms with van der Waals surface area (Å²) in [5.74, 6) is -3.89. The van der Waals surface area contributed by atoms with E-state index in [1.807, 2.05) is 0 Å². The Labute approximate surface area is 110 Å². The van der Waals surface area contributed by atoms with Gasteiger partial charge in [0.05, 0.1) is 12.0 Å². The number of nitrogens with zero attached hydrogens (tertiary/aromatic N) is 1. The van der Waals surface area contributed by atoms with Crippen molar-refractivity contribution in [3.8, 4) is 0 Å². The Morgan fingerprint density at radius 3 is 2.79 bits per heavy atom. The molecule has 0 saturated carbocycles. The van der Waals surface area contributed by atoms with Crippen molar-refractivity contribution in [2.24, 2.45) is 5.41 Å². The van der Waals surface area contributed by atoms with Gasteiger partial charge in [-0.2, -0.15) is 0 Å². The van der Waals surface area contributed by atoms with E-state index in [4.69, 9.17) is 4.74 Å². The highest BCUT2D eigenvalue weighted by molar-refractivity contribution is 5.86. The second-order valence-corrected chi connectivity index (χ2v) is 5.21. The number of piperidine rings is 1. The lowest BCUT2D eigenvalue weighted by Crippen LogP contribution is -2.57. The average Bonchev–Trinajstić information content (AvgIpc) is 2.65. The van der Waals surface area contributed by atoms with Crippen molar-refractivity contribution in [1.29, 1.82) is 0 Å². The molecule has 108 valence electrons. The number of alkyl halides is 2. The second kappa shape index (κ2) is 5.03. The first-order valence-electron chi connectivity index (χ1n) is 6.40. The molecule has 0 aromatic heterocycles. The van der Waals surface area contributed by atoms with E-state index in [2.05, 4.69) is 5.32 Å². The highest BCUT2D eigenvalue weighted by atomic mass is 19.3. The van der Waals surface area contributed by atoms with Crippen molar-refractivity contribution in [3.05, 3.63) is 0 Å². The lowest BCUT2D eigenvalue weighted by molar-refractivity contribution is -0.162. The van der Waals surface area contributed by atoms with Crippen LogP contribution in [0, 0.1) is 5.41 Å². The van der Waals surface area contributed by atoms with Crippen LogP contribution in [0.5, 0.6) is 0 Å². The SMILES string of the molecule is CCOCC(=O)N1CC(F)(F)C[C@@]2(CCNC2=O)C1. The van der Waals surface area contributed by atoms with Crippen LogP contribution < -0.4 is 5.32 Å². The Morgan fingerprint density at radius 2 is 2.21 bits per heavy atom. The van der Waals surface area contributed by atoms with Gasteiger partial charge in [-0.25, -0.2) is 8.78 Å². The number of nitrogens with one attached hydrogen (secondary N) is 1. The van der Waals surface area contributed by atoms with Crippen molar-refractivity contribution in [3.63, 3.8) is 0 Å². The first-order valence-corrected chi connectivity index (χ1v) is 6.40. The van der Waals surface area contributed by atoms with Gasteiger partial charge in [0.15, 0.2) is 0 Å². The van der Waals surface area contributed by atoms with Gasteiger partial charge in [0.2, 0.25) is 11.8 Å². The zero-order valence-corrected chi connectivity index (χ0v) is 10.9. The zero-order valence-electron chi connectivity index (χ0n) is 10.9. The number of hydrogen-bond acceptors (Lipinski definition) is 3. The second-order valence-electron chi connectivity index (χ2n) is 5.21. The molecule has 2 heterocycles. The summed E-state index contributed by atoms with van der Waals surface area (Å²) in [6.45, 7) is 1.67. The summed E-state index contributed by atoms with van der Waals surface area (Å²) < 4.78 is 32.5. The standard InChI is InChI=1S/C12H18F2N2O3/c1-2-19-5-9(17)16-7-11(3-4-15-10(11)18)6-12(13,14)8-16/h2-8H2,1H3,(H,15,18)/t11-/m0/s1. The Balaban J connectivity index is 2.13. The largest absolute Gasteiger partial charge is 0.372 e. The minimum Gasteiger partial charge on any atom is -0.372 e. The number of carbonyl (C=O) groups excluding carboxylic acids is 2. The fourth-order valence-corrected chi connectivity index (χ4v) is 2.80. The topological polar surface area (TPSA) is 58.6 Å². The van der Waals surface area contributed by atoms with E-state index in [1.54, 1.807) is 6.92 Å². The lowest BCUT2D eigenvalue weighted by Gasteiger charge is -2.42. The Kier molecular flexibility index (Phi) is 3.75. The molecule has 0 aromatic rings. The summed E-state index contributed by atoms with van der Waals surface area (Å²) in [6, 6.07) is 0. The number of carbonyl (C=O) groups is 2. The van der Waals surface area contributed by atoms with E-state index in [1.165, 1.54) is 0 Å². The number of likely N-dealkylation sites (tertiary alicyclic amines) is 1. The molecule has 19 heavy (non-hydrogen) atoms. The Morgan fingerprint density at radius 1 is 1.47 bits per heavy atom. The van der Waals surface area contributed by atoms with Crippen molar-refractivity contribution in [2.75, 3.05) is 32.8 Å². The zero-order chi connectivity index (χ0) is 14.1. The molecule has 2 rings (SSSR count). The monoisotopic (exact) mass is 276 g/mol. The van der Waals surface area contributed by atoms with Crippen LogP contribution in [0.15, 0.2) is 0 Å². The minimum absolute atomic E-state index is 0.0559. The summed E-state index contributed by atoms with van der Waals surface area (Å²) in [6.07, 6.45) is -0.135. The lowest BCUT2D eigenvalue weighted by atomic mass is 9.77. The summed E-state index contributed by atoms with van der Waals surface area (Å²) >= 11 is 0. The van der Waals surface area contributed by atoms with E-state index in [-0.39, 0.29) is 19.1 Å². The molecule has 2 amide bonds. The first kappa shape index (κ1) is 14.2. The maximum atomic E-state index is 13.8. The van der Waals surface area contributed by atoms with E-state index in [0.29, 0.717) is 19.6 Å². The number of rotatable bonds is 3. The predicted molar refractivity (Wildman–Crippen MR) is 62.7 cm³/mol. The molecule has 1 spiro atoms. The molecule has 1 atom stereocenters. The average molecular weight is 276 g/mol. The van der Waals surface area contributed by atoms with Crippen LogP contribution in [0.1, 0.15) is 19.8 Å². The van der Waals surface area contributed by atoms with E-state index in [0.717, 1.165) is 4.90 Å². The molecule has 2 saturated heterocycles. The van der Waals surface area contributed by atoms with Gasteiger partial charge in [-0.05, 0) is 13.3 Å². The van der Waals surface area contributed by atoms with Crippen LogP contribution >= 0.6 is 0 Å². The van der Waals surface area contributed by atoms with Crippen LogP contribution in [0.2, 0.25) is 0 Å². The number of halogens is 2. The third-order valence-corrected chi connectivity index (χ3v) is 3.67. The van der Waals surface area contributed by atoms with Crippen LogP contribution in [-0.4, -0.2) is 55.5 Å². The smallest absolute Gasteiger partial charge is 0.266 e. The molecule has 1 N–H and O–H groups in total. The third kappa shape index (κ3) is 2.86. The van der Waals surface area contributed by atoms with Crippen molar-refractivity contribution in [2.45, 2.75) is 25.7 Å². The summed E-state index contributed by atoms with van der Waals surface area (Å²) in [4.78, 5) is 24.7. The molecule has 7 heteroatoms. The molecular formula is C12H18F2N2O3. The number of hydrogen-bond donors (Lipinski definition) is 1. The normalized spacial score (nSPS) is 29.6. The van der Waals surface area contributed by atoms with Gasteiger partial charge in [-0.1, -0.05) is 0 Å². The Hall–Kier alpha value is -1.24. The van der Waals surface area contributed by atoms with Crippen LogP contribution in [0.3, 0.4) is 0 Å². The molecule has 0 aliphatic carbocycles. The van der Waals surface area contributed by atoms with Crippen molar-refractivity contribution >= 4 is 11.8 Å². The fraction of sp³-hybridized carbons (Fsp3) is 0.833. The molecule has 0 bridgehead atoms. The highest BCUT2D eigenvalue weighted by Gasteiger charge is 2.55. The predicted octanol–water partition coefficient (Wildman–Crippen LogP) is 0.397. The van der Waals surface area contributed by atoms with Crippen molar-refractivity contribution in [1.82, 2.24) is 10.2 Å². The van der Waals surface area contributed by atoms with Crippen LogP contribution in [0.4, 0.5) is 8.78 Å². The minimum atomic E-state index is -3.03. The van der Waals surface area contributed by atoms with Gasteiger partial charge in [0.1, 0.15) is 6.61 Å². The highest BCUT2D eigenvalue weighted by Crippen LogP contribution is 2.43. The summed E-state index contributed by atoms with van der Waals surface area (Å²) in [5.41, 5.74) is -1.14. The summed E-state index contributed by atoms with van der Waals surface area (Å²) in [7, 11) is 0. The van der Waals surface area contributed by atoms with E-state index in [9.17, 15) is 18.4 Å². The molecular weight excluding hydrogens is 258 g/mol. The van der Waals surface area contributed by atoms with Gasteiger partial charge in [0, 0.05) is 26.1 Å². The molecule has 0 unspecified atom stereocenters. The van der Waals surface area contributed by atoms with Gasteiger partial charge in [-0.3, -0.25) is 9.59 Å². The van der Waals surface area contributed by atoms with Gasteiger partial charge >= 0.3 is 0 Å². The van der Waals surface area contributed by atoms with Crippen LogP contribution in [-0.2, 0) is 14.3 Å². The van der Waals surface area contributed by atoms with Gasteiger partial charge < -0.3 is 15.0 Å². The number of ether oxygens (including phenoxy) is 1. The third-order valence-electron chi connectivity index (χ3n) is 3.67. The van der Waals surface area contributed by atoms with Gasteiger partial charge in [0.25, 0.3) is 5.92 Å². The quantitative estimate of drug-likeness (QED) is 0.811. The molecule has 0 aromatic carbocycles. The Bertz CT molecular complexity index is 389. The van der Waals surface area contributed by atoms with Gasteiger partial charge in [-0.15, -0.1) is 0 Å². The molecule has 2 aliphatic rings. The maximum Gasteiger partial charge on any atom is 0.266 e. The fourth-order valence-electron chi connectivity index (χ4n) is 2.80. The molecule has 5 nitrogen and oxygen atoms in total. The molecule has 2 fully saturated rings. The maximum absolute atomic E-state index is 13.8. The first-order chi connectivity index (χ1) is 8.88.